The molecule has 0 spiro atoms. The summed E-state index contributed by atoms with van der Waals surface area (Å²) in [6.07, 6.45) is 5.96. The van der Waals surface area contributed by atoms with Crippen molar-refractivity contribution in [2.45, 2.75) is 77.0 Å². The van der Waals surface area contributed by atoms with Gasteiger partial charge in [-0.1, -0.05) is 19.8 Å². The number of nitrogens with one attached hydrogen (secondary N) is 2. The van der Waals surface area contributed by atoms with Crippen molar-refractivity contribution in [3.05, 3.63) is 0 Å². The van der Waals surface area contributed by atoms with Gasteiger partial charge in [-0.3, -0.25) is 4.90 Å². The first-order chi connectivity index (χ1) is 10.4. The zero-order valence-corrected chi connectivity index (χ0v) is 14.4. The molecule has 3 unspecified atom stereocenters. The van der Waals surface area contributed by atoms with Crippen LogP contribution in [0.15, 0.2) is 0 Å². The van der Waals surface area contributed by atoms with Crippen molar-refractivity contribution in [2.75, 3.05) is 19.6 Å². The first-order valence-electron chi connectivity index (χ1n) is 8.86. The molecule has 1 aliphatic carbocycles. The van der Waals surface area contributed by atoms with Crippen molar-refractivity contribution >= 4 is 6.03 Å². The van der Waals surface area contributed by atoms with Crippen LogP contribution in [0.4, 0.5) is 4.79 Å². The molecule has 5 nitrogen and oxygen atoms in total. The van der Waals surface area contributed by atoms with Gasteiger partial charge in [0.1, 0.15) is 0 Å². The Morgan fingerprint density at radius 2 is 1.95 bits per heavy atom. The normalized spacial score (nSPS) is 30.8. The molecule has 0 bridgehead atoms. The minimum atomic E-state index is -0.393. The Kier molecular flexibility index (Phi) is 6.09. The van der Waals surface area contributed by atoms with Gasteiger partial charge >= 0.3 is 6.03 Å². The maximum absolute atomic E-state index is 12.1. The Morgan fingerprint density at radius 1 is 1.23 bits per heavy atom. The Bertz CT molecular complexity index is 373. The second kappa shape index (κ2) is 7.64. The van der Waals surface area contributed by atoms with Gasteiger partial charge in [-0.05, 0) is 52.0 Å². The molecule has 1 saturated heterocycles. The van der Waals surface area contributed by atoms with E-state index < -0.39 is 6.10 Å². The molecule has 3 N–H and O–H groups in total. The predicted octanol–water partition coefficient (Wildman–Crippen LogP) is 2.10. The van der Waals surface area contributed by atoms with E-state index in [-0.39, 0.29) is 17.6 Å². The molecule has 3 atom stereocenters. The third-order valence-corrected chi connectivity index (χ3v) is 5.24. The lowest BCUT2D eigenvalue weighted by atomic mass is 9.92. The number of amides is 2. The summed E-state index contributed by atoms with van der Waals surface area (Å²) in [6.45, 7) is 9.54. The zero-order chi connectivity index (χ0) is 16.2. The van der Waals surface area contributed by atoms with Gasteiger partial charge in [0, 0.05) is 18.6 Å². The summed E-state index contributed by atoms with van der Waals surface area (Å²) in [5, 5.41) is 15.9. The van der Waals surface area contributed by atoms with Crippen molar-refractivity contribution in [1.82, 2.24) is 15.5 Å². The van der Waals surface area contributed by atoms with E-state index in [1.54, 1.807) is 0 Å². The van der Waals surface area contributed by atoms with E-state index in [0.29, 0.717) is 6.54 Å². The molecule has 22 heavy (non-hydrogen) atoms. The monoisotopic (exact) mass is 311 g/mol. The number of rotatable bonds is 4. The molecule has 0 aromatic carbocycles. The maximum Gasteiger partial charge on any atom is 0.315 e. The summed E-state index contributed by atoms with van der Waals surface area (Å²) in [6, 6.07) is -0.240. The summed E-state index contributed by atoms with van der Waals surface area (Å²) in [7, 11) is 0. The first kappa shape index (κ1) is 17.5. The Balaban J connectivity index is 1.76. The van der Waals surface area contributed by atoms with Crippen LogP contribution in [0.2, 0.25) is 0 Å². The molecule has 1 heterocycles. The van der Waals surface area contributed by atoms with E-state index in [0.717, 1.165) is 44.7 Å². The molecule has 2 rings (SSSR count). The molecule has 0 aromatic heterocycles. The number of carbonyl (C=O) groups excluding carboxylic acids is 1. The largest absolute Gasteiger partial charge is 0.391 e. The number of carbonyl (C=O) groups is 1. The second-order valence-electron chi connectivity index (χ2n) is 7.79. The molecule has 1 aliphatic heterocycles. The fourth-order valence-electron chi connectivity index (χ4n) is 3.65. The molecule has 128 valence electrons. The molecule has 5 heteroatoms. The van der Waals surface area contributed by atoms with Gasteiger partial charge in [0.2, 0.25) is 0 Å². The second-order valence-corrected chi connectivity index (χ2v) is 7.79. The highest BCUT2D eigenvalue weighted by Gasteiger charge is 2.31. The lowest BCUT2D eigenvalue weighted by molar-refractivity contribution is 0.0708. The van der Waals surface area contributed by atoms with Crippen molar-refractivity contribution in [2.24, 2.45) is 5.92 Å². The minimum absolute atomic E-state index is 0.0306. The van der Waals surface area contributed by atoms with Gasteiger partial charge in [0.05, 0.1) is 12.1 Å². The molecule has 0 radical (unpaired) electrons. The van der Waals surface area contributed by atoms with E-state index in [1.165, 1.54) is 12.8 Å². The van der Waals surface area contributed by atoms with Crippen LogP contribution in [0.25, 0.3) is 0 Å². The summed E-state index contributed by atoms with van der Waals surface area (Å²) in [5.41, 5.74) is -0.0306. The number of hydrogen-bond acceptors (Lipinski definition) is 3. The van der Waals surface area contributed by atoms with E-state index in [4.69, 9.17) is 0 Å². The van der Waals surface area contributed by atoms with E-state index in [1.807, 2.05) is 0 Å². The van der Waals surface area contributed by atoms with Crippen LogP contribution in [0.5, 0.6) is 0 Å². The number of urea groups is 1. The maximum atomic E-state index is 12.1. The summed E-state index contributed by atoms with van der Waals surface area (Å²) < 4.78 is 0. The summed E-state index contributed by atoms with van der Waals surface area (Å²) in [4.78, 5) is 14.6. The van der Waals surface area contributed by atoms with Gasteiger partial charge in [-0.25, -0.2) is 4.79 Å². The SMILES string of the molecule is CC1CCCN(C(C)(C)CNC(=O)NC2CCCCC2O)C1. The van der Waals surface area contributed by atoms with Gasteiger partial charge in [0.25, 0.3) is 0 Å². The average Bonchev–Trinajstić information content (AvgIpc) is 2.48. The third-order valence-electron chi connectivity index (χ3n) is 5.24. The number of nitrogens with zero attached hydrogens (tertiary/aromatic N) is 1. The molecule has 1 saturated carbocycles. The number of likely N-dealkylation sites (tertiary alicyclic amines) is 1. The number of piperidine rings is 1. The van der Waals surface area contributed by atoms with Crippen LogP contribution < -0.4 is 10.6 Å². The average molecular weight is 311 g/mol. The predicted molar refractivity (Wildman–Crippen MR) is 88.8 cm³/mol. The van der Waals surface area contributed by atoms with Crippen molar-refractivity contribution in [3.8, 4) is 0 Å². The van der Waals surface area contributed by atoms with E-state index in [2.05, 4.69) is 36.3 Å². The number of hydrogen-bond donors (Lipinski definition) is 3. The fourth-order valence-corrected chi connectivity index (χ4v) is 3.65. The Morgan fingerprint density at radius 3 is 2.64 bits per heavy atom. The van der Waals surface area contributed by atoms with Crippen LogP contribution in [0, 0.1) is 5.92 Å². The van der Waals surface area contributed by atoms with Crippen molar-refractivity contribution in [1.29, 1.82) is 0 Å². The van der Waals surface area contributed by atoms with Gasteiger partial charge in [-0.15, -0.1) is 0 Å². The lowest BCUT2D eigenvalue weighted by Crippen LogP contribution is -2.57. The van der Waals surface area contributed by atoms with E-state index in [9.17, 15) is 9.90 Å². The standard InChI is InChI=1S/C17H33N3O2/c1-13-7-6-10-20(11-13)17(2,3)12-18-16(22)19-14-8-4-5-9-15(14)21/h13-15,21H,4-12H2,1-3H3,(H2,18,19,22). The lowest BCUT2D eigenvalue weighted by Gasteiger charge is -2.43. The fraction of sp³-hybridized carbons (Fsp3) is 0.941. The van der Waals surface area contributed by atoms with Gasteiger partial charge in [-0.2, -0.15) is 0 Å². The number of aliphatic hydroxyl groups is 1. The van der Waals surface area contributed by atoms with Crippen LogP contribution in [-0.2, 0) is 0 Å². The van der Waals surface area contributed by atoms with Gasteiger partial charge in [0.15, 0.2) is 0 Å². The van der Waals surface area contributed by atoms with Crippen molar-refractivity contribution in [3.63, 3.8) is 0 Å². The first-order valence-corrected chi connectivity index (χ1v) is 8.86. The molecular formula is C17H33N3O2. The number of aliphatic hydroxyl groups excluding tert-OH is 1. The van der Waals surface area contributed by atoms with Crippen LogP contribution in [-0.4, -0.2) is 53.4 Å². The Hall–Kier alpha value is -0.810. The molecule has 2 aliphatic rings. The van der Waals surface area contributed by atoms with Crippen LogP contribution in [0.3, 0.4) is 0 Å². The van der Waals surface area contributed by atoms with Crippen LogP contribution in [0.1, 0.15) is 59.3 Å². The molecular weight excluding hydrogens is 278 g/mol. The summed E-state index contributed by atoms with van der Waals surface area (Å²) in [5.74, 6) is 0.735. The molecule has 2 fully saturated rings. The highest BCUT2D eigenvalue weighted by atomic mass is 16.3. The Labute approximate surface area is 134 Å². The molecule has 2 amide bonds. The molecule has 0 aromatic rings. The topological polar surface area (TPSA) is 64.6 Å². The van der Waals surface area contributed by atoms with Crippen molar-refractivity contribution < 1.29 is 9.90 Å². The highest BCUT2D eigenvalue weighted by molar-refractivity contribution is 5.74. The third kappa shape index (κ3) is 4.85. The quantitative estimate of drug-likeness (QED) is 0.745. The zero-order valence-electron chi connectivity index (χ0n) is 14.4. The smallest absolute Gasteiger partial charge is 0.315 e. The van der Waals surface area contributed by atoms with Gasteiger partial charge < -0.3 is 15.7 Å². The van der Waals surface area contributed by atoms with Crippen LogP contribution >= 0.6 is 0 Å². The van der Waals surface area contributed by atoms with E-state index >= 15 is 0 Å². The highest BCUT2D eigenvalue weighted by Crippen LogP contribution is 2.23. The minimum Gasteiger partial charge on any atom is -0.391 e. The summed E-state index contributed by atoms with van der Waals surface area (Å²) >= 11 is 0.